The summed E-state index contributed by atoms with van der Waals surface area (Å²) in [6.45, 7) is 8.52. The predicted molar refractivity (Wildman–Crippen MR) is 486 cm³/mol. The van der Waals surface area contributed by atoms with Crippen LogP contribution in [0.15, 0.2) is 218 Å². The largest absolute Gasteiger partial charge is 0.465 e. The maximum atomic E-state index is 12.6. The number of hydrogen-bond acceptors (Lipinski definition) is 16. The van der Waals surface area contributed by atoms with Crippen molar-refractivity contribution in [2.45, 2.75) is 192 Å². The molecule has 0 saturated carbocycles. The highest BCUT2D eigenvalue weighted by molar-refractivity contribution is 9.10. The van der Waals surface area contributed by atoms with Crippen molar-refractivity contribution in [3.63, 3.8) is 0 Å². The van der Waals surface area contributed by atoms with Crippen LogP contribution in [-0.2, 0) is 109 Å². The number of carbonyl (C=O) groups excluding carboxylic acids is 8. The molecule has 9 N–H and O–H groups in total. The lowest BCUT2D eigenvalue weighted by Crippen LogP contribution is -2.49. The molecule has 20 nitrogen and oxygen atoms in total. The first-order valence-corrected chi connectivity index (χ1v) is 40.7. The summed E-state index contributed by atoms with van der Waals surface area (Å²) in [5, 5.41) is 21.5. The lowest BCUT2D eigenvalue weighted by atomic mass is 9.08. The van der Waals surface area contributed by atoms with Crippen LogP contribution in [0.3, 0.4) is 0 Å². The molecule has 28 heteroatoms. The van der Waals surface area contributed by atoms with Crippen molar-refractivity contribution in [1.29, 1.82) is 0 Å². The molecule has 0 bridgehead atoms. The summed E-state index contributed by atoms with van der Waals surface area (Å²) in [5.74, 6) is -1.47. The van der Waals surface area contributed by atoms with Crippen LogP contribution in [0.1, 0.15) is 138 Å². The molecular weight excluding hydrogens is 1540 g/mol. The number of anilines is 4. The summed E-state index contributed by atoms with van der Waals surface area (Å²) >= 11 is 3.35. The average molecular weight is 1650 g/mol. The van der Waals surface area contributed by atoms with Crippen molar-refractivity contribution in [3.8, 4) is 0 Å². The number of amides is 4. The number of para-hydroxylation sites is 4. The summed E-state index contributed by atoms with van der Waals surface area (Å²) in [6, 6.07) is 68.1. The molecule has 4 aliphatic rings. The van der Waals surface area contributed by atoms with Crippen LogP contribution in [0.4, 0.5) is 22.7 Å². The number of nitrogens with two attached hydrogens (primary N) is 1. The summed E-state index contributed by atoms with van der Waals surface area (Å²) in [4.78, 5) is 97.8. The summed E-state index contributed by atoms with van der Waals surface area (Å²) in [7, 11) is 24.0. The molecule has 8 atom stereocenters. The lowest BCUT2D eigenvalue weighted by Gasteiger charge is -2.23. The Labute approximate surface area is 715 Å². The van der Waals surface area contributed by atoms with Gasteiger partial charge in [-0.05, 0) is 199 Å². The minimum absolute atomic E-state index is 0. The molecule has 8 aromatic rings. The number of aryl methyl sites for hydroxylation is 8. The second kappa shape index (κ2) is 57.4. The van der Waals surface area contributed by atoms with E-state index in [1.807, 2.05) is 212 Å². The molecule has 0 aromatic heterocycles. The fourth-order valence-electron chi connectivity index (χ4n) is 13.0. The van der Waals surface area contributed by atoms with Crippen molar-refractivity contribution in [1.82, 2.24) is 16.0 Å². The van der Waals surface area contributed by atoms with Crippen LogP contribution in [0.25, 0.3) is 0 Å². The summed E-state index contributed by atoms with van der Waals surface area (Å²) < 4.78 is 20.5. The number of hydrogen-bond donors (Lipinski definition) is 8. The van der Waals surface area contributed by atoms with Gasteiger partial charge < -0.3 is 45.9 Å². The number of fused-ring (bicyclic) bond motifs is 4. The lowest BCUT2D eigenvalue weighted by molar-refractivity contribution is -0.147. The van der Waals surface area contributed by atoms with Gasteiger partial charge in [-0.25, -0.2) is 0 Å². The number of carbonyl (C=O) groups is 8. The quantitative estimate of drug-likeness (QED) is 0.0108. The van der Waals surface area contributed by atoms with E-state index < -0.39 is 48.7 Å². The molecule has 12 rings (SSSR count). The van der Waals surface area contributed by atoms with Gasteiger partial charge in [0.1, 0.15) is 24.2 Å². The molecule has 0 fully saturated rings. The molecular formula is C90H113B7BrN8O12. The maximum Gasteiger partial charge on any atom is 0.323 e. The zero-order valence-corrected chi connectivity index (χ0v) is 68.5. The highest BCUT2D eigenvalue weighted by atomic mass is 79.9. The van der Waals surface area contributed by atoms with Gasteiger partial charge in [0.05, 0.1) is 49.4 Å². The standard InChI is InChI=1S/3C22H26N2O3.C12H17NO2.C10H10BrNO.2CH4.B4.B3/c3*1-2-27-22(26)20(14-12-16-8-4-3-5-9-16)23-19-15-13-17-10-6-7-11-18(17)24-21(19)25;1-2-15-12(14)11(13)9-8-10-6-4-3-5-7-10;11-8-6-5-7-3-1-2-4-9(7)12-10(8)13;;;1-4(2)3;1-3-2/h3*3-11,19-20,23H,2,12-15H2,1H3,(H,24,25);3-7,11H,2,8-9,13H2,1H3;1-4,8H,5-6H2,(H,12,13);2*1H4;;/t2*19?,20-;19-,20-;11-;;;;;/m0000...../s1. The zero-order valence-electron chi connectivity index (χ0n) is 66.9. The highest BCUT2D eigenvalue weighted by Crippen LogP contribution is 2.27. The molecule has 0 saturated heterocycles. The number of nitrogens with one attached hydrogen (secondary N) is 7. The van der Waals surface area contributed by atoms with Crippen molar-refractivity contribution >= 4 is 138 Å². The minimum Gasteiger partial charge on any atom is -0.465 e. The molecule has 0 aliphatic carbocycles. The minimum atomic E-state index is -0.667. The third-order valence-corrected chi connectivity index (χ3v) is 19.8. The molecule has 4 heterocycles. The monoisotopic (exact) mass is 1650 g/mol. The van der Waals surface area contributed by atoms with E-state index in [0.29, 0.717) is 71.4 Å². The molecule has 11 radical (unpaired) electrons. The number of benzene rings is 8. The number of alkyl halides is 1. The van der Waals surface area contributed by atoms with Gasteiger partial charge in [-0.2, -0.15) is 0 Å². The molecule has 3 unspecified atom stereocenters. The first-order chi connectivity index (χ1) is 56.2. The van der Waals surface area contributed by atoms with Gasteiger partial charge in [-0.3, -0.25) is 54.3 Å². The van der Waals surface area contributed by atoms with Gasteiger partial charge in [0, 0.05) is 74.9 Å². The van der Waals surface area contributed by atoms with Gasteiger partial charge in [-0.1, -0.05) is 225 Å². The normalized spacial score (nSPS) is 16.2. The van der Waals surface area contributed by atoms with Crippen molar-refractivity contribution in [2.24, 2.45) is 5.73 Å². The summed E-state index contributed by atoms with van der Waals surface area (Å²) in [5.41, 5.74) is 18.4. The molecule has 4 amide bonds. The zero-order chi connectivity index (χ0) is 83.8. The third-order valence-electron chi connectivity index (χ3n) is 18.9. The summed E-state index contributed by atoms with van der Waals surface area (Å²) in [6.07, 6.45) is 10.8. The molecule has 4 aliphatic heterocycles. The third kappa shape index (κ3) is 37.1. The Kier molecular flexibility index (Phi) is 49.0. The second-order valence-corrected chi connectivity index (χ2v) is 28.6. The van der Waals surface area contributed by atoms with E-state index in [1.54, 1.807) is 27.7 Å². The number of halogens is 1. The van der Waals surface area contributed by atoms with E-state index in [4.69, 9.17) is 24.7 Å². The Morgan fingerprint density at radius 2 is 0.610 bits per heavy atom. The first-order valence-electron chi connectivity index (χ1n) is 39.7. The Bertz CT molecular complexity index is 3950. The Morgan fingerprint density at radius 1 is 0.390 bits per heavy atom. The predicted octanol–water partition coefficient (Wildman–Crippen LogP) is 11.7. The van der Waals surface area contributed by atoms with E-state index in [9.17, 15) is 38.4 Å². The van der Waals surface area contributed by atoms with E-state index in [2.05, 4.69) is 97.9 Å². The van der Waals surface area contributed by atoms with Crippen molar-refractivity contribution in [2.75, 3.05) is 47.7 Å². The van der Waals surface area contributed by atoms with Gasteiger partial charge in [-0.15, -0.1) is 0 Å². The average Bonchev–Trinajstić information content (AvgIpc) is 1.47. The van der Waals surface area contributed by atoms with Crippen molar-refractivity contribution in [3.05, 3.63) is 263 Å². The van der Waals surface area contributed by atoms with Crippen LogP contribution in [-0.4, -0.2) is 173 Å². The van der Waals surface area contributed by atoms with Crippen molar-refractivity contribution < 1.29 is 57.3 Å². The van der Waals surface area contributed by atoms with Crippen LogP contribution >= 0.6 is 15.9 Å². The Hall–Kier alpha value is -9.71. The maximum absolute atomic E-state index is 12.6. The number of rotatable bonds is 26. The van der Waals surface area contributed by atoms with Crippen LogP contribution in [0, 0.1) is 0 Å². The van der Waals surface area contributed by atoms with Gasteiger partial charge in [0.25, 0.3) is 0 Å². The number of esters is 4. The van der Waals surface area contributed by atoms with Gasteiger partial charge >= 0.3 is 23.9 Å². The van der Waals surface area contributed by atoms with Gasteiger partial charge in [0.15, 0.2) is 0 Å². The smallest absolute Gasteiger partial charge is 0.323 e. The second-order valence-electron chi connectivity index (χ2n) is 27.5. The molecule has 613 valence electrons. The Morgan fingerprint density at radius 3 is 0.873 bits per heavy atom. The molecule has 0 spiro atoms. The van der Waals surface area contributed by atoms with E-state index in [-0.39, 0.29) is 67.2 Å². The first kappa shape index (κ1) is 101. The van der Waals surface area contributed by atoms with Crippen LogP contribution < -0.4 is 43.0 Å². The highest BCUT2D eigenvalue weighted by Gasteiger charge is 2.33. The fourth-order valence-corrected chi connectivity index (χ4v) is 13.3. The Balaban J connectivity index is 0.000000309. The van der Waals surface area contributed by atoms with E-state index >= 15 is 0 Å². The van der Waals surface area contributed by atoms with Crippen LogP contribution in [0.5, 0.6) is 0 Å². The SMILES string of the molecule is C.C.CCOC(=O)[C@@H](N)CCc1ccccc1.CCOC(=O)[C@H](CCc1ccccc1)NC1CCc2ccccc2NC1=O.CCOC(=O)[C@H](CCc1ccccc1)NC1CCc2ccccc2NC1=O.CCOC(=O)[C@H](CCc1ccccc1)N[C@H]1CCc2ccccc2NC1=O.O=C1Nc2ccccc2CCC1Br.[B]B([B])[B].[B][B][B]. The van der Waals surface area contributed by atoms with E-state index in [1.165, 1.54) is 11.1 Å². The molecule has 118 heavy (non-hydrogen) atoms. The fraction of sp³-hybridized carbons (Fsp3) is 0.378. The van der Waals surface area contributed by atoms with Crippen LogP contribution in [0.2, 0.25) is 0 Å². The van der Waals surface area contributed by atoms with E-state index in [0.717, 1.165) is 121 Å². The topological polar surface area (TPSA) is 284 Å². The molecule has 8 aromatic carbocycles. The van der Waals surface area contributed by atoms with Gasteiger partial charge in [0.2, 0.25) is 23.6 Å². The number of ether oxygens (including phenoxy) is 4.